The molecule has 7 nitrogen and oxygen atoms in total. The van der Waals surface area contributed by atoms with Gasteiger partial charge in [-0.2, -0.15) is 10.1 Å². The molecule has 1 aliphatic rings. The van der Waals surface area contributed by atoms with Crippen molar-refractivity contribution in [3.8, 4) is 0 Å². The van der Waals surface area contributed by atoms with E-state index in [2.05, 4.69) is 32.1 Å². The normalized spacial score (nSPS) is 15.0. The average molecular weight is 322 g/mol. The largest absolute Gasteiger partial charge is 0.368 e. The molecule has 4 rings (SSSR count). The summed E-state index contributed by atoms with van der Waals surface area (Å²) < 4.78 is 1.54. The zero-order valence-electron chi connectivity index (χ0n) is 13.5. The number of anilines is 1. The van der Waals surface area contributed by atoms with E-state index in [4.69, 9.17) is 0 Å². The number of fused-ring (bicyclic) bond motifs is 1. The van der Waals surface area contributed by atoms with Crippen LogP contribution in [0.25, 0.3) is 5.78 Å². The standard InChI is InChI=1S/C17H18N6O/c1-13-15(11-23-17(20-13)18-12-19-23)16(24)22-9-7-21(8-10-22)14-5-3-2-4-6-14/h2-6,11-12H,7-10H2,1H3. The van der Waals surface area contributed by atoms with Crippen LogP contribution in [0.2, 0.25) is 0 Å². The van der Waals surface area contributed by atoms with Crippen molar-refractivity contribution in [2.45, 2.75) is 6.92 Å². The molecule has 122 valence electrons. The molecule has 0 radical (unpaired) electrons. The van der Waals surface area contributed by atoms with Gasteiger partial charge in [-0.25, -0.2) is 9.50 Å². The fourth-order valence-corrected chi connectivity index (χ4v) is 3.03. The number of aryl methyl sites for hydroxylation is 1. The van der Waals surface area contributed by atoms with Crippen LogP contribution in [-0.4, -0.2) is 56.6 Å². The third-order valence-electron chi connectivity index (χ3n) is 4.38. The summed E-state index contributed by atoms with van der Waals surface area (Å²) in [5, 5.41) is 4.06. The highest BCUT2D eigenvalue weighted by Gasteiger charge is 2.24. The summed E-state index contributed by atoms with van der Waals surface area (Å²) >= 11 is 0. The molecule has 1 fully saturated rings. The summed E-state index contributed by atoms with van der Waals surface area (Å²) in [7, 11) is 0. The minimum atomic E-state index is 0.00473. The first-order chi connectivity index (χ1) is 11.7. The van der Waals surface area contributed by atoms with E-state index in [1.54, 1.807) is 10.7 Å². The van der Waals surface area contributed by atoms with Crippen molar-refractivity contribution >= 4 is 17.4 Å². The van der Waals surface area contributed by atoms with Crippen molar-refractivity contribution in [3.63, 3.8) is 0 Å². The Morgan fingerprint density at radius 2 is 1.83 bits per heavy atom. The monoisotopic (exact) mass is 322 g/mol. The van der Waals surface area contributed by atoms with Gasteiger partial charge in [0.25, 0.3) is 11.7 Å². The number of hydrogen-bond donors (Lipinski definition) is 0. The number of hydrogen-bond acceptors (Lipinski definition) is 5. The molecule has 1 aliphatic heterocycles. The molecule has 0 aliphatic carbocycles. The van der Waals surface area contributed by atoms with Crippen molar-refractivity contribution in [2.24, 2.45) is 0 Å². The molecule has 0 unspecified atom stereocenters. The Hall–Kier alpha value is -2.96. The molecule has 2 aromatic heterocycles. The van der Waals surface area contributed by atoms with Gasteiger partial charge in [-0.15, -0.1) is 0 Å². The highest BCUT2D eigenvalue weighted by molar-refractivity contribution is 5.95. The minimum absolute atomic E-state index is 0.00473. The number of nitrogens with zero attached hydrogens (tertiary/aromatic N) is 6. The van der Waals surface area contributed by atoms with Gasteiger partial charge in [0.2, 0.25) is 0 Å². The zero-order valence-corrected chi connectivity index (χ0v) is 13.5. The van der Waals surface area contributed by atoms with Crippen LogP contribution in [0.5, 0.6) is 0 Å². The van der Waals surface area contributed by atoms with Crippen LogP contribution in [-0.2, 0) is 0 Å². The third-order valence-corrected chi connectivity index (χ3v) is 4.38. The van der Waals surface area contributed by atoms with Crippen LogP contribution >= 0.6 is 0 Å². The number of carbonyl (C=O) groups excluding carboxylic acids is 1. The quantitative estimate of drug-likeness (QED) is 0.713. The maximum atomic E-state index is 12.8. The Morgan fingerprint density at radius 1 is 1.08 bits per heavy atom. The van der Waals surface area contributed by atoms with Crippen molar-refractivity contribution in [2.75, 3.05) is 31.1 Å². The lowest BCUT2D eigenvalue weighted by atomic mass is 10.2. The van der Waals surface area contributed by atoms with Gasteiger partial charge < -0.3 is 9.80 Å². The number of benzene rings is 1. The lowest BCUT2D eigenvalue weighted by Gasteiger charge is -2.36. The molecular formula is C17H18N6O. The third kappa shape index (κ3) is 2.58. The Morgan fingerprint density at radius 3 is 2.58 bits per heavy atom. The number of amides is 1. The first kappa shape index (κ1) is 14.6. The van der Waals surface area contributed by atoms with E-state index < -0.39 is 0 Å². The van der Waals surface area contributed by atoms with Crippen LogP contribution in [0.15, 0.2) is 42.9 Å². The summed E-state index contributed by atoms with van der Waals surface area (Å²) in [6, 6.07) is 10.3. The molecule has 0 saturated carbocycles. The Labute approximate surface area is 139 Å². The zero-order chi connectivity index (χ0) is 16.5. The van der Waals surface area contributed by atoms with Gasteiger partial charge in [-0.05, 0) is 19.1 Å². The molecule has 3 aromatic rings. The Balaban J connectivity index is 1.50. The van der Waals surface area contributed by atoms with E-state index in [1.807, 2.05) is 30.0 Å². The van der Waals surface area contributed by atoms with Gasteiger partial charge in [0, 0.05) is 38.1 Å². The van der Waals surface area contributed by atoms with Crippen molar-refractivity contribution in [1.29, 1.82) is 0 Å². The lowest BCUT2D eigenvalue weighted by Crippen LogP contribution is -2.49. The van der Waals surface area contributed by atoms with E-state index in [0.29, 0.717) is 30.1 Å². The topological polar surface area (TPSA) is 66.6 Å². The van der Waals surface area contributed by atoms with Crippen LogP contribution in [0.1, 0.15) is 16.1 Å². The molecule has 0 bridgehead atoms. The van der Waals surface area contributed by atoms with Gasteiger partial charge in [-0.3, -0.25) is 4.79 Å². The second-order valence-corrected chi connectivity index (χ2v) is 5.86. The fourth-order valence-electron chi connectivity index (χ4n) is 3.03. The first-order valence-electron chi connectivity index (χ1n) is 7.98. The summed E-state index contributed by atoms with van der Waals surface area (Å²) in [6.45, 7) is 4.88. The molecule has 1 saturated heterocycles. The van der Waals surface area contributed by atoms with Crippen LogP contribution in [0, 0.1) is 6.92 Å². The van der Waals surface area contributed by atoms with Crippen LogP contribution in [0.4, 0.5) is 5.69 Å². The second-order valence-electron chi connectivity index (χ2n) is 5.86. The van der Waals surface area contributed by atoms with Gasteiger partial charge in [0.15, 0.2) is 0 Å². The first-order valence-corrected chi connectivity index (χ1v) is 7.98. The molecule has 0 atom stereocenters. The number of para-hydroxylation sites is 1. The van der Waals surface area contributed by atoms with Crippen molar-refractivity contribution in [3.05, 3.63) is 54.1 Å². The smallest absolute Gasteiger partial charge is 0.257 e. The van der Waals surface area contributed by atoms with Gasteiger partial charge >= 0.3 is 0 Å². The van der Waals surface area contributed by atoms with E-state index in [-0.39, 0.29) is 5.91 Å². The number of carbonyl (C=O) groups is 1. The summed E-state index contributed by atoms with van der Waals surface area (Å²) in [5.74, 6) is 0.517. The average Bonchev–Trinajstić information content (AvgIpc) is 3.08. The number of rotatable bonds is 2. The van der Waals surface area contributed by atoms with E-state index in [9.17, 15) is 4.79 Å². The summed E-state index contributed by atoms with van der Waals surface area (Å²) in [6.07, 6.45) is 3.16. The van der Waals surface area contributed by atoms with Gasteiger partial charge in [0.05, 0.1) is 11.3 Å². The van der Waals surface area contributed by atoms with Crippen LogP contribution < -0.4 is 4.90 Å². The number of aromatic nitrogens is 4. The lowest BCUT2D eigenvalue weighted by molar-refractivity contribution is 0.0745. The number of piperazine rings is 1. The maximum Gasteiger partial charge on any atom is 0.257 e. The molecule has 24 heavy (non-hydrogen) atoms. The molecule has 0 spiro atoms. The maximum absolute atomic E-state index is 12.8. The van der Waals surface area contributed by atoms with E-state index >= 15 is 0 Å². The highest BCUT2D eigenvalue weighted by atomic mass is 16.2. The molecular weight excluding hydrogens is 304 g/mol. The van der Waals surface area contributed by atoms with Crippen molar-refractivity contribution < 1.29 is 4.79 Å². The van der Waals surface area contributed by atoms with E-state index in [1.165, 1.54) is 12.0 Å². The van der Waals surface area contributed by atoms with Crippen LogP contribution in [0.3, 0.4) is 0 Å². The minimum Gasteiger partial charge on any atom is -0.368 e. The molecule has 3 heterocycles. The summed E-state index contributed by atoms with van der Waals surface area (Å²) in [4.78, 5) is 25.4. The molecule has 1 amide bonds. The molecule has 0 N–H and O–H groups in total. The molecule has 7 heteroatoms. The van der Waals surface area contributed by atoms with Gasteiger partial charge in [0.1, 0.15) is 6.33 Å². The Kier molecular flexibility index (Phi) is 3.60. The second kappa shape index (κ2) is 5.92. The van der Waals surface area contributed by atoms with E-state index in [0.717, 1.165) is 13.1 Å². The SMILES string of the molecule is Cc1nc2ncnn2cc1C(=O)N1CCN(c2ccccc2)CC1. The highest BCUT2D eigenvalue weighted by Crippen LogP contribution is 2.17. The Bertz CT molecular complexity index is 867. The fraction of sp³-hybridized carbons (Fsp3) is 0.294. The van der Waals surface area contributed by atoms with Gasteiger partial charge in [-0.1, -0.05) is 18.2 Å². The molecule has 1 aromatic carbocycles. The predicted molar refractivity (Wildman–Crippen MR) is 90.1 cm³/mol. The predicted octanol–water partition coefficient (Wildman–Crippen LogP) is 1.40. The summed E-state index contributed by atoms with van der Waals surface area (Å²) in [5.41, 5.74) is 2.47. The van der Waals surface area contributed by atoms with Crippen molar-refractivity contribution in [1.82, 2.24) is 24.5 Å².